The van der Waals surface area contributed by atoms with Gasteiger partial charge in [0.25, 0.3) is 0 Å². The van der Waals surface area contributed by atoms with Crippen LogP contribution in [0.4, 0.5) is 11.4 Å². The SMILES string of the molecule is CCOc1ccc(C2C(C(=O)Nc3ccccc3C)C(=O)CC(C)(O)C2C(=O)Nc2ccccc2C)cc1OC. The maximum absolute atomic E-state index is 14.0. The molecule has 0 radical (unpaired) electrons. The average Bonchev–Trinajstić information content (AvgIpc) is 2.90. The van der Waals surface area contributed by atoms with Crippen molar-refractivity contribution in [2.75, 3.05) is 24.4 Å². The topological polar surface area (TPSA) is 114 Å². The Kier molecular flexibility index (Phi) is 8.59. The Bertz CT molecular complexity index is 1420. The summed E-state index contributed by atoms with van der Waals surface area (Å²) in [4.78, 5) is 41.4. The summed E-state index contributed by atoms with van der Waals surface area (Å²) in [5, 5.41) is 17.4. The Hall–Kier alpha value is -4.17. The Morgan fingerprint density at radius 3 is 2.05 bits per heavy atom. The van der Waals surface area contributed by atoms with E-state index in [2.05, 4.69) is 10.6 Å². The monoisotopic (exact) mass is 544 g/mol. The average molecular weight is 545 g/mol. The lowest BCUT2D eigenvalue weighted by atomic mass is 9.61. The van der Waals surface area contributed by atoms with Crippen molar-refractivity contribution in [2.24, 2.45) is 11.8 Å². The number of carbonyl (C=O) groups excluding carboxylic acids is 3. The second-order valence-corrected chi connectivity index (χ2v) is 10.4. The fourth-order valence-electron chi connectivity index (χ4n) is 5.51. The number of Topliss-reactive ketones (excluding diaryl/α,β-unsaturated/α-hetero) is 1. The standard InChI is InChI=1S/C32H36N2O6/c1-6-40-25-16-15-21(17-26(25)39-5)27-28(30(36)33-22-13-9-7-11-19(22)2)24(35)18-32(4,38)29(27)31(37)34-23-14-10-8-12-20(23)3/h7-17,27-29,38H,6,18H2,1-5H3,(H,33,36)(H,34,37). The predicted molar refractivity (Wildman–Crippen MR) is 154 cm³/mol. The first-order valence-electron chi connectivity index (χ1n) is 13.4. The highest BCUT2D eigenvalue weighted by Gasteiger charge is 2.56. The molecule has 3 aromatic carbocycles. The first-order chi connectivity index (χ1) is 19.1. The minimum Gasteiger partial charge on any atom is -0.493 e. The Labute approximate surface area is 234 Å². The molecular formula is C32H36N2O6. The molecule has 1 saturated carbocycles. The molecular weight excluding hydrogens is 508 g/mol. The molecule has 0 bridgehead atoms. The van der Waals surface area contributed by atoms with Crippen LogP contribution in [-0.2, 0) is 14.4 Å². The van der Waals surface area contributed by atoms with Crippen LogP contribution >= 0.6 is 0 Å². The third kappa shape index (κ3) is 5.87. The third-order valence-corrected chi connectivity index (χ3v) is 7.51. The van der Waals surface area contributed by atoms with Crippen molar-refractivity contribution in [3.05, 3.63) is 83.4 Å². The summed E-state index contributed by atoms with van der Waals surface area (Å²) < 4.78 is 11.2. The maximum Gasteiger partial charge on any atom is 0.235 e. The summed E-state index contributed by atoms with van der Waals surface area (Å²) >= 11 is 0. The number of anilines is 2. The van der Waals surface area contributed by atoms with E-state index in [1.807, 2.05) is 45.0 Å². The lowest BCUT2D eigenvalue weighted by Crippen LogP contribution is -2.56. The normalized spacial score (nSPS) is 22.4. The van der Waals surface area contributed by atoms with Gasteiger partial charge in [0.2, 0.25) is 11.8 Å². The molecule has 0 aliphatic heterocycles. The molecule has 0 aromatic heterocycles. The minimum atomic E-state index is -1.72. The van der Waals surface area contributed by atoms with Gasteiger partial charge in [-0.3, -0.25) is 14.4 Å². The van der Waals surface area contributed by atoms with Crippen molar-refractivity contribution in [3.63, 3.8) is 0 Å². The number of carbonyl (C=O) groups is 3. The van der Waals surface area contributed by atoms with E-state index >= 15 is 0 Å². The maximum atomic E-state index is 14.0. The Morgan fingerprint density at radius 2 is 1.50 bits per heavy atom. The van der Waals surface area contributed by atoms with Crippen molar-refractivity contribution < 1.29 is 29.0 Å². The van der Waals surface area contributed by atoms with Gasteiger partial charge in [0.15, 0.2) is 11.5 Å². The lowest BCUT2D eigenvalue weighted by Gasteiger charge is -2.44. The van der Waals surface area contributed by atoms with Gasteiger partial charge in [-0.15, -0.1) is 0 Å². The quantitative estimate of drug-likeness (QED) is 0.343. The molecule has 3 aromatic rings. The Balaban J connectivity index is 1.84. The van der Waals surface area contributed by atoms with Crippen LogP contribution in [-0.4, -0.2) is 42.0 Å². The van der Waals surface area contributed by atoms with E-state index in [0.717, 1.165) is 11.1 Å². The first-order valence-corrected chi connectivity index (χ1v) is 13.4. The van der Waals surface area contributed by atoms with Gasteiger partial charge in [0.05, 0.1) is 25.2 Å². The van der Waals surface area contributed by atoms with Crippen molar-refractivity contribution in [2.45, 2.75) is 45.6 Å². The zero-order valence-corrected chi connectivity index (χ0v) is 23.5. The molecule has 1 fully saturated rings. The van der Waals surface area contributed by atoms with Crippen LogP contribution in [0.2, 0.25) is 0 Å². The van der Waals surface area contributed by atoms with Gasteiger partial charge in [-0.2, -0.15) is 0 Å². The van der Waals surface area contributed by atoms with E-state index in [-0.39, 0.29) is 6.42 Å². The molecule has 1 aliphatic rings. The van der Waals surface area contributed by atoms with Crippen LogP contribution in [0.25, 0.3) is 0 Å². The van der Waals surface area contributed by atoms with E-state index in [1.165, 1.54) is 14.0 Å². The van der Waals surface area contributed by atoms with E-state index in [1.54, 1.807) is 42.5 Å². The van der Waals surface area contributed by atoms with Crippen molar-refractivity contribution in [1.29, 1.82) is 0 Å². The van der Waals surface area contributed by atoms with Crippen LogP contribution in [0.5, 0.6) is 11.5 Å². The summed E-state index contributed by atoms with van der Waals surface area (Å²) in [6.07, 6.45) is -0.352. The second-order valence-electron chi connectivity index (χ2n) is 10.4. The number of ketones is 1. The fourth-order valence-corrected chi connectivity index (χ4v) is 5.51. The number of aliphatic hydroxyl groups is 1. The van der Waals surface area contributed by atoms with Gasteiger partial charge in [0, 0.05) is 23.7 Å². The number of ether oxygens (including phenoxy) is 2. The van der Waals surface area contributed by atoms with Crippen molar-refractivity contribution in [1.82, 2.24) is 0 Å². The molecule has 3 N–H and O–H groups in total. The number of hydrogen-bond donors (Lipinski definition) is 3. The first kappa shape index (κ1) is 28.8. The van der Waals surface area contributed by atoms with Crippen LogP contribution < -0.4 is 20.1 Å². The van der Waals surface area contributed by atoms with Gasteiger partial charge >= 0.3 is 0 Å². The van der Waals surface area contributed by atoms with Crippen LogP contribution in [0.1, 0.15) is 42.9 Å². The summed E-state index contributed by atoms with van der Waals surface area (Å²) in [5.74, 6) is -3.96. The van der Waals surface area contributed by atoms with Crippen LogP contribution in [0, 0.1) is 25.7 Å². The number of amides is 2. The summed E-state index contributed by atoms with van der Waals surface area (Å²) in [7, 11) is 1.49. The molecule has 4 atom stereocenters. The molecule has 8 heteroatoms. The van der Waals surface area contributed by atoms with E-state index < -0.39 is 41.0 Å². The van der Waals surface area contributed by atoms with Gasteiger partial charge in [-0.25, -0.2) is 0 Å². The highest BCUT2D eigenvalue weighted by Crippen LogP contribution is 2.48. The Morgan fingerprint density at radius 1 is 0.925 bits per heavy atom. The predicted octanol–water partition coefficient (Wildman–Crippen LogP) is 5.03. The van der Waals surface area contributed by atoms with Gasteiger partial charge in [-0.1, -0.05) is 42.5 Å². The number of methoxy groups -OCH3 is 1. The molecule has 40 heavy (non-hydrogen) atoms. The zero-order chi connectivity index (χ0) is 29.0. The van der Waals surface area contributed by atoms with E-state index in [4.69, 9.17) is 9.47 Å². The lowest BCUT2D eigenvalue weighted by molar-refractivity contribution is -0.150. The van der Waals surface area contributed by atoms with Gasteiger partial charge in [0.1, 0.15) is 11.7 Å². The molecule has 1 aliphatic carbocycles. The second kappa shape index (κ2) is 11.9. The number of hydrogen-bond acceptors (Lipinski definition) is 6. The molecule has 0 heterocycles. The number of benzene rings is 3. The van der Waals surface area contributed by atoms with Crippen LogP contribution in [0.3, 0.4) is 0 Å². The number of nitrogens with one attached hydrogen (secondary N) is 2. The summed E-state index contributed by atoms with van der Waals surface area (Å²) in [6, 6.07) is 19.7. The molecule has 4 rings (SSSR count). The smallest absolute Gasteiger partial charge is 0.235 e. The van der Waals surface area contributed by atoms with Crippen molar-refractivity contribution >= 4 is 29.0 Å². The highest BCUT2D eigenvalue weighted by atomic mass is 16.5. The van der Waals surface area contributed by atoms with Crippen molar-refractivity contribution in [3.8, 4) is 11.5 Å². The molecule has 2 amide bonds. The van der Waals surface area contributed by atoms with Crippen LogP contribution in [0.15, 0.2) is 66.7 Å². The fraction of sp³-hybridized carbons (Fsp3) is 0.344. The molecule has 0 saturated heterocycles. The van der Waals surface area contributed by atoms with E-state index in [0.29, 0.717) is 35.0 Å². The largest absolute Gasteiger partial charge is 0.493 e. The summed E-state index contributed by atoms with van der Waals surface area (Å²) in [5.41, 5.74) is 1.61. The third-order valence-electron chi connectivity index (χ3n) is 7.51. The number of rotatable bonds is 8. The molecule has 210 valence electrons. The highest BCUT2D eigenvalue weighted by molar-refractivity contribution is 6.10. The number of para-hydroxylation sites is 2. The summed E-state index contributed by atoms with van der Waals surface area (Å²) in [6.45, 7) is 7.46. The number of aryl methyl sites for hydroxylation is 2. The molecule has 0 spiro atoms. The molecule has 8 nitrogen and oxygen atoms in total. The van der Waals surface area contributed by atoms with E-state index in [9.17, 15) is 19.5 Å². The van der Waals surface area contributed by atoms with Gasteiger partial charge in [-0.05, 0) is 68.7 Å². The zero-order valence-electron chi connectivity index (χ0n) is 23.5. The van der Waals surface area contributed by atoms with Gasteiger partial charge < -0.3 is 25.2 Å². The minimum absolute atomic E-state index is 0.352. The molecule has 4 unspecified atom stereocenters.